The first-order valence-electron chi connectivity index (χ1n) is 5.58. The van der Waals surface area contributed by atoms with E-state index >= 15 is 0 Å². The van der Waals surface area contributed by atoms with Gasteiger partial charge in [-0.2, -0.15) is 0 Å². The summed E-state index contributed by atoms with van der Waals surface area (Å²) in [6.45, 7) is 7.56. The summed E-state index contributed by atoms with van der Waals surface area (Å²) in [6.07, 6.45) is 3.28. The second-order valence-electron chi connectivity index (χ2n) is 4.48. The Balaban J connectivity index is 3.95. The van der Waals surface area contributed by atoms with E-state index < -0.39 is 0 Å². The normalized spacial score (nSPS) is 14.7. The van der Waals surface area contributed by atoms with Crippen LogP contribution < -0.4 is 0 Å². The molecule has 0 aliphatic carbocycles. The van der Waals surface area contributed by atoms with Crippen molar-refractivity contribution in [2.75, 3.05) is 0 Å². The zero-order valence-corrected chi connectivity index (χ0v) is 10.2. The first-order chi connectivity index (χ1) is 6.97. The van der Waals surface area contributed by atoms with E-state index in [1.807, 2.05) is 20.8 Å². The highest BCUT2D eigenvalue weighted by Gasteiger charge is 2.17. The zero-order valence-electron chi connectivity index (χ0n) is 10.2. The van der Waals surface area contributed by atoms with Gasteiger partial charge in [0.25, 0.3) is 0 Å². The van der Waals surface area contributed by atoms with Gasteiger partial charge >= 0.3 is 5.97 Å². The minimum absolute atomic E-state index is 0.0170. The fourth-order valence-electron chi connectivity index (χ4n) is 1.47. The van der Waals surface area contributed by atoms with Crippen LogP contribution in [0.15, 0.2) is 0 Å². The van der Waals surface area contributed by atoms with Crippen LogP contribution in [0.2, 0.25) is 0 Å². The number of esters is 1. The topological polar surface area (TPSA) is 43.4 Å². The van der Waals surface area contributed by atoms with E-state index in [4.69, 9.17) is 4.74 Å². The molecule has 0 radical (unpaired) electrons. The van der Waals surface area contributed by atoms with Gasteiger partial charge in [-0.3, -0.25) is 4.79 Å². The maximum absolute atomic E-state index is 10.9. The molecule has 2 unspecified atom stereocenters. The molecule has 0 fully saturated rings. The summed E-state index contributed by atoms with van der Waals surface area (Å²) in [5.41, 5.74) is 0. The predicted octanol–water partition coefficient (Wildman–Crippen LogP) is 2.58. The second kappa shape index (κ2) is 7.43. The monoisotopic (exact) mass is 214 g/mol. The molecule has 0 aromatic heterocycles. The van der Waals surface area contributed by atoms with Gasteiger partial charge in [-0.25, -0.2) is 0 Å². The summed E-state index contributed by atoms with van der Waals surface area (Å²) in [5, 5.41) is 0. The molecule has 0 N–H and O–H groups in total. The van der Waals surface area contributed by atoms with Crippen molar-refractivity contribution in [1.82, 2.24) is 0 Å². The fraction of sp³-hybridized carbons (Fsp3) is 0.833. The minimum Gasteiger partial charge on any atom is -0.462 e. The van der Waals surface area contributed by atoms with E-state index in [9.17, 15) is 9.59 Å². The van der Waals surface area contributed by atoms with E-state index in [2.05, 4.69) is 0 Å². The van der Waals surface area contributed by atoms with Crippen LogP contribution in [0.5, 0.6) is 0 Å². The van der Waals surface area contributed by atoms with Crippen LogP contribution in [-0.4, -0.2) is 18.4 Å². The van der Waals surface area contributed by atoms with Gasteiger partial charge in [-0.05, 0) is 24.7 Å². The average Bonchev–Trinajstić information content (AvgIpc) is 2.11. The molecule has 0 rings (SSSR count). The number of ether oxygens (including phenoxy) is 1. The standard InChI is InChI=1S/C12H22O3/c1-9(2)12(15-11(4)14)6-5-10(3)7-8-13/h8-10,12H,5-7H2,1-4H3. The Bertz CT molecular complexity index is 199. The zero-order chi connectivity index (χ0) is 11.8. The Morgan fingerprint density at radius 2 is 1.87 bits per heavy atom. The van der Waals surface area contributed by atoms with Gasteiger partial charge in [0.2, 0.25) is 0 Å². The summed E-state index contributed by atoms with van der Waals surface area (Å²) < 4.78 is 5.21. The van der Waals surface area contributed by atoms with Gasteiger partial charge in [0, 0.05) is 13.3 Å². The minimum atomic E-state index is -0.225. The van der Waals surface area contributed by atoms with E-state index in [1.165, 1.54) is 6.92 Å². The third-order valence-corrected chi connectivity index (χ3v) is 2.50. The predicted molar refractivity (Wildman–Crippen MR) is 59.5 cm³/mol. The summed E-state index contributed by atoms with van der Waals surface area (Å²) in [7, 11) is 0. The highest BCUT2D eigenvalue weighted by molar-refractivity contribution is 5.66. The second-order valence-corrected chi connectivity index (χ2v) is 4.48. The lowest BCUT2D eigenvalue weighted by Gasteiger charge is -2.21. The number of aldehydes is 1. The molecule has 2 atom stereocenters. The maximum atomic E-state index is 10.9. The Kier molecular flexibility index (Phi) is 7.01. The van der Waals surface area contributed by atoms with Crippen molar-refractivity contribution >= 4 is 12.3 Å². The van der Waals surface area contributed by atoms with Gasteiger partial charge in [-0.15, -0.1) is 0 Å². The van der Waals surface area contributed by atoms with E-state index in [-0.39, 0.29) is 12.1 Å². The molecule has 0 amide bonds. The molecule has 3 nitrogen and oxygen atoms in total. The summed E-state index contributed by atoms with van der Waals surface area (Å²) in [5.74, 6) is 0.480. The molecule has 0 aromatic rings. The number of hydrogen-bond acceptors (Lipinski definition) is 3. The van der Waals surface area contributed by atoms with Crippen molar-refractivity contribution in [2.45, 2.75) is 53.1 Å². The van der Waals surface area contributed by atoms with E-state index in [0.717, 1.165) is 19.1 Å². The van der Waals surface area contributed by atoms with Crippen molar-refractivity contribution < 1.29 is 14.3 Å². The van der Waals surface area contributed by atoms with Crippen LogP contribution in [0.25, 0.3) is 0 Å². The molecule has 0 aliphatic rings. The van der Waals surface area contributed by atoms with Crippen LogP contribution in [0.3, 0.4) is 0 Å². The molecule has 0 spiro atoms. The Morgan fingerprint density at radius 3 is 2.27 bits per heavy atom. The quantitative estimate of drug-likeness (QED) is 0.483. The summed E-state index contributed by atoms with van der Waals surface area (Å²) in [4.78, 5) is 21.1. The number of carbonyl (C=O) groups excluding carboxylic acids is 2. The highest BCUT2D eigenvalue weighted by atomic mass is 16.5. The molecular weight excluding hydrogens is 192 g/mol. The van der Waals surface area contributed by atoms with Gasteiger partial charge in [-0.1, -0.05) is 20.8 Å². The van der Waals surface area contributed by atoms with Gasteiger partial charge in [0.15, 0.2) is 0 Å². The van der Waals surface area contributed by atoms with Crippen molar-refractivity contribution in [2.24, 2.45) is 11.8 Å². The first-order valence-corrected chi connectivity index (χ1v) is 5.58. The molecule has 0 saturated carbocycles. The molecule has 0 saturated heterocycles. The Labute approximate surface area is 92.2 Å². The van der Waals surface area contributed by atoms with Gasteiger partial charge in [0.05, 0.1) is 0 Å². The summed E-state index contributed by atoms with van der Waals surface area (Å²) in [6, 6.07) is 0. The lowest BCUT2D eigenvalue weighted by atomic mass is 9.95. The third-order valence-electron chi connectivity index (χ3n) is 2.50. The van der Waals surface area contributed by atoms with E-state index in [0.29, 0.717) is 18.3 Å². The first kappa shape index (κ1) is 14.1. The Hall–Kier alpha value is -0.860. The lowest BCUT2D eigenvalue weighted by molar-refractivity contribution is -0.149. The molecule has 15 heavy (non-hydrogen) atoms. The van der Waals surface area contributed by atoms with Gasteiger partial charge in [0.1, 0.15) is 12.4 Å². The lowest BCUT2D eigenvalue weighted by Crippen LogP contribution is -2.23. The molecule has 0 aromatic carbocycles. The SMILES string of the molecule is CC(=O)OC(CCC(C)CC=O)C(C)C. The summed E-state index contributed by atoms with van der Waals surface area (Å²) >= 11 is 0. The molecule has 0 aliphatic heterocycles. The number of rotatable bonds is 7. The Morgan fingerprint density at radius 1 is 1.27 bits per heavy atom. The van der Waals surface area contributed by atoms with Crippen molar-refractivity contribution in [1.29, 1.82) is 0 Å². The molecule has 88 valence electrons. The number of carbonyl (C=O) groups is 2. The molecule has 0 heterocycles. The number of hydrogen-bond donors (Lipinski definition) is 0. The van der Waals surface area contributed by atoms with Crippen LogP contribution in [-0.2, 0) is 14.3 Å². The fourth-order valence-corrected chi connectivity index (χ4v) is 1.47. The molecular formula is C12H22O3. The van der Waals surface area contributed by atoms with Crippen LogP contribution in [0, 0.1) is 11.8 Å². The third kappa shape index (κ3) is 7.11. The van der Waals surface area contributed by atoms with Crippen molar-refractivity contribution in [3.05, 3.63) is 0 Å². The van der Waals surface area contributed by atoms with Crippen molar-refractivity contribution in [3.63, 3.8) is 0 Å². The van der Waals surface area contributed by atoms with E-state index in [1.54, 1.807) is 0 Å². The van der Waals surface area contributed by atoms with Crippen LogP contribution >= 0.6 is 0 Å². The smallest absolute Gasteiger partial charge is 0.302 e. The largest absolute Gasteiger partial charge is 0.462 e. The maximum Gasteiger partial charge on any atom is 0.302 e. The van der Waals surface area contributed by atoms with Crippen LogP contribution in [0.1, 0.15) is 47.0 Å². The van der Waals surface area contributed by atoms with Gasteiger partial charge < -0.3 is 9.53 Å². The molecule has 0 bridgehead atoms. The highest BCUT2D eigenvalue weighted by Crippen LogP contribution is 2.18. The van der Waals surface area contributed by atoms with Crippen LogP contribution in [0.4, 0.5) is 0 Å². The van der Waals surface area contributed by atoms with Crippen molar-refractivity contribution in [3.8, 4) is 0 Å². The molecule has 3 heteroatoms. The average molecular weight is 214 g/mol.